The zero-order chi connectivity index (χ0) is 11.5. The predicted molar refractivity (Wildman–Crippen MR) is 60.3 cm³/mol. The van der Waals surface area contributed by atoms with Crippen LogP contribution in [0.2, 0.25) is 0 Å². The van der Waals surface area contributed by atoms with Gasteiger partial charge >= 0.3 is 0 Å². The Morgan fingerprint density at radius 1 is 1.53 bits per heavy atom. The largest absolute Gasteiger partial charge is 0.383 e. The summed E-state index contributed by atoms with van der Waals surface area (Å²) in [5, 5.41) is 2.68. The van der Waals surface area contributed by atoms with Gasteiger partial charge in [0.05, 0.1) is 12.0 Å². The minimum Gasteiger partial charge on any atom is -0.383 e. The van der Waals surface area contributed by atoms with Crippen molar-refractivity contribution >= 4 is 17.5 Å². The van der Waals surface area contributed by atoms with Gasteiger partial charge in [0.25, 0.3) is 0 Å². The van der Waals surface area contributed by atoms with Gasteiger partial charge in [0.2, 0.25) is 5.91 Å². The van der Waals surface area contributed by atoms with E-state index in [9.17, 15) is 4.79 Å². The summed E-state index contributed by atoms with van der Waals surface area (Å²) in [6, 6.07) is 0. The quantitative estimate of drug-likeness (QED) is 0.484. The lowest BCUT2D eigenvalue weighted by Gasteiger charge is -2.09. The molecule has 0 aliphatic heterocycles. The highest BCUT2D eigenvalue weighted by Crippen LogP contribution is 2.00. The van der Waals surface area contributed by atoms with Gasteiger partial charge in [-0.25, -0.2) is 0 Å². The van der Waals surface area contributed by atoms with E-state index in [0.29, 0.717) is 26.2 Å². The number of nitrogens with one attached hydrogen (secondary N) is 1. The van der Waals surface area contributed by atoms with E-state index in [1.54, 1.807) is 7.11 Å². The van der Waals surface area contributed by atoms with Crippen LogP contribution in [0, 0.1) is 0 Å². The summed E-state index contributed by atoms with van der Waals surface area (Å²) >= 11 is 5.88. The summed E-state index contributed by atoms with van der Waals surface area (Å²) in [5.74, 6) is -0.0928. The van der Waals surface area contributed by atoms with Crippen LogP contribution in [0.1, 0.15) is 19.8 Å². The molecule has 0 radical (unpaired) electrons. The van der Waals surface area contributed by atoms with Crippen molar-refractivity contribution in [3.05, 3.63) is 0 Å². The third-order valence-corrected chi connectivity index (χ3v) is 2.05. The Hall–Kier alpha value is -0.320. The molecule has 90 valence electrons. The summed E-state index contributed by atoms with van der Waals surface area (Å²) in [6.45, 7) is 3.82. The van der Waals surface area contributed by atoms with Crippen LogP contribution in [0.4, 0.5) is 0 Å². The molecule has 0 heterocycles. The van der Waals surface area contributed by atoms with Crippen molar-refractivity contribution < 1.29 is 14.3 Å². The lowest BCUT2D eigenvalue weighted by atomic mass is 10.3. The summed E-state index contributed by atoms with van der Waals surface area (Å²) in [7, 11) is 1.60. The van der Waals surface area contributed by atoms with Crippen molar-refractivity contribution in [2.45, 2.75) is 25.1 Å². The molecule has 0 saturated carbocycles. The molecule has 0 spiro atoms. The van der Waals surface area contributed by atoms with Crippen LogP contribution in [0.5, 0.6) is 0 Å². The molecule has 0 aliphatic rings. The maximum Gasteiger partial charge on any atom is 0.245 e. The fourth-order valence-electron chi connectivity index (χ4n) is 0.993. The molecule has 0 aromatic heterocycles. The van der Waals surface area contributed by atoms with Crippen molar-refractivity contribution in [3.8, 4) is 0 Å². The second-order valence-corrected chi connectivity index (χ2v) is 3.86. The average molecular weight is 238 g/mol. The maximum absolute atomic E-state index is 11.1. The van der Waals surface area contributed by atoms with Gasteiger partial charge in [0.1, 0.15) is 6.61 Å². The van der Waals surface area contributed by atoms with Crippen molar-refractivity contribution in [1.29, 1.82) is 0 Å². The Bertz CT molecular complexity index is 167. The molecule has 1 amide bonds. The average Bonchev–Trinajstić information content (AvgIpc) is 2.18. The van der Waals surface area contributed by atoms with Crippen LogP contribution in [0.3, 0.4) is 0 Å². The predicted octanol–water partition coefficient (Wildman–Crippen LogP) is 1.17. The summed E-state index contributed by atoms with van der Waals surface area (Å²) in [6.07, 6.45) is 1.62. The van der Waals surface area contributed by atoms with Crippen molar-refractivity contribution in [2.24, 2.45) is 0 Å². The minimum atomic E-state index is -0.0928. The van der Waals surface area contributed by atoms with Gasteiger partial charge in [-0.2, -0.15) is 0 Å². The maximum atomic E-state index is 11.1. The topological polar surface area (TPSA) is 47.6 Å². The first kappa shape index (κ1) is 14.7. The Kier molecular flexibility index (Phi) is 9.99. The van der Waals surface area contributed by atoms with E-state index in [1.165, 1.54) is 0 Å². The highest BCUT2D eigenvalue weighted by atomic mass is 35.5. The van der Waals surface area contributed by atoms with Gasteiger partial charge in [-0.3, -0.25) is 4.79 Å². The lowest BCUT2D eigenvalue weighted by molar-refractivity contribution is -0.125. The summed E-state index contributed by atoms with van der Waals surface area (Å²) < 4.78 is 9.95. The van der Waals surface area contributed by atoms with Crippen LogP contribution in [0.15, 0.2) is 0 Å². The Balaban J connectivity index is 3.30. The third kappa shape index (κ3) is 9.97. The Labute approximate surface area is 96.3 Å². The molecular weight excluding hydrogens is 218 g/mol. The first-order chi connectivity index (χ1) is 7.20. The van der Waals surface area contributed by atoms with Crippen LogP contribution in [-0.4, -0.2) is 44.8 Å². The third-order valence-electron chi connectivity index (χ3n) is 1.71. The van der Waals surface area contributed by atoms with E-state index in [-0.39, 0.29) is 17.9 Å². The first-order valence-electron chi connectivity index (χ1n) is 5.18. The molecule has 4 nitrogen and oxygen atoms in total. The normalized spacial score (nSPS) is 12.5. The molecule has 1 N–H and O–H groups in total. The van der Waals surface area contributed by atoms with Crippen molar-refractivity contribution in [1.82, 2.24) is 5.32 Å². The second-order valence-electron chi connectivity index (χ2n) is 3.24. The molecule has 5 heteroatoms. The fourth-order valence-corrected chi connectivity index (χ4v) is 1.23. The number of hydrogen-bond donors (Lipinski definition) is 1. The molecule has 0 saturated heterocycles. The number of ether oxygens (including phenoxy) is 2. The molecule has 1 unspecified atom stereocenters. The number of halogens is 1. The van der Waals surface area contributed by atoms with E-state index in [1.807, 2.05) is 6.92 Å². The summed E-state index contributed by atoms with van der Waals surface area (Å²) in [5.41, 5.74) is 0. The number of rotatable bonds is 9. The monoisotopic (exact) mass is 237 g/mol. The van der Waals surface area contributed by atoms with E-state index in [4.69, 9.17) is 21.1 Å². The van der Waals surface area contributed by atoms with Gasteiger partial charge in [0.15, 0.2) is 0 Å². The summed E-state index contributed by atoms with van der Waals surface area (Å²) in [4.78, 5) is 11.1. The molecule has 0 aromatic carbocycles. The first-order valence-corrected chi connectivity index (χ1v) is 5.61. The molecule has 0 aromatic rings. The van der Waals surface area contributed by atoms with Crippen LogP contribution >= 0.6 is 11.6 Å². The highest BCUT2D eigenvalue weighted by molar-refractivity contribution is 6.20. The zero-order valence-electron chi connectivity index (χ0n) is 9.42. The van der Waals surface area contributed by atoms with Gasteiger partial charge < -0.3 is 14.8 Å². The smallest absolute Gasteiger partial charge is 0.245 e. The lowest BCUT2D eigenvalue weighted by Crippen LogP contribution is -2.30. The van der Waals surface area contributed by atoms with Gasteiger partial charge in [-0.05, 0) is 12.8 Å². The molecule has 0 fully saturated rings. The Morgan fingerprint density at radius 2 is 2.27 bits per heavy atom. The number of methoxy groups -OCH3 is 1. The molecular formula is C10H20ClNO3. The van der Waals surface area contributed by atoms with Crippen LogP contribution in [0.25, 0.3) is 0 Å². The number of hydrogen-bond acceptors (Lipinski definition) is 3. The van der Waals surface area contributed by atoms with E-state index in [2.05, 4.69) is 5.32 Å². The van der Waals surface area contributed by atoms with Crippen molar-refractivity contribution in [3.63, 3.8) is 0 Å². The SMILES string of the molecule is CCCOCC(=O)NCCC(Cl)COC. The van der Waals surface area contributed by atoms with Crippen molar-refractivity contribution in [2.75, 3.05) is 33.5 Å². The number of carbonyl (C=O) groups is 1. The molecule has 15 heavy (non-hydrogen) atoms. The Morgan fingerprint density at radius 3 is 2.87 bits per heavy atom. The molecule has 0 rings (SSSR count). The van der Waals surface area contributed by atoms with E-state index >= 15 is 0 Å². The molecule has 1 atom stereocenters. The molecule has 0 aliphatic carbocycles. The van der Waals surface area contributed by atoms with Gasteiger partial charge in [-0.1, -0.05) is 6.92 Å². The minimum absolute atomic E-state index is 0.0492. The van der Waals surface area contributed by atoms with Crippen LogP contribution < -0.4 is 5.32 Å². The van der Waals surface area contributed by atoms with Crippen LogP contribution in [-0.2, 0) is 14.3 Å². The van der Waals surface area contributed by atoms with Gasteiger partial charge in [0, 0.05) is 20.3 Å². The highest BCUT2D eigenvalue weighted by Gasteiger charge is 2.05. The molecule has 0 bridgehead atoms. The van der Waals surface area contributed by atoms with E-state index in [0.717, 1.165) is 6.42 Å². The zero-order valence-corrected chi connectivity index (χ0v) is 10.2. The fraction of sp³-hybridized carbons (Fsp3) is 0.900. The second kappa shape index (κ2) is 10.2. The number of alkyl halides is 1. The number of carbonyl (C=O) groups excluding carboxylic acids is 1. The standard InChI is InChI=1S/C10H20ClNO3/c1-3-6-15-8-10(13)12-5-4-9(11)7-14-2/h9H,3-8H2,1-2H3,(H,12,13). The van der Waals surface area contributed by atoms with E-state index < -0.39 is 0 Å². The number of amides is 1. The van der Waals surface area contributed by atoms with Gasteiger partial charge in [-0.15, -0.1) is 11.6 Å².